The van der Waals surface area contributed by atoms with Crippen LogP contribution in [0.25, 0.3) is 0 Å². The van der Waals surface area contributed by atoms with Crippen LogP contribution in [0.1, 0.15) is 25.5 Å². The quantitative estimate of drug-likeness (QED) is 0.670. The van der Waals surface area contributed by atoms with Crippen molar-refractivity contribution >= 4 is 0 Å². The van der Waals surface area contributed by atoms with E-state index < -0.39 is 11.5 Å². The minimum atomic E-state index is -2.52. The first-order valence-corrected chi connectivity index (χ1v) is 4.19. The third kappa shape index (κ3) is 1.32. The maximum absolute atomic E-state index is 12.7. The van der Waals surface area contributed by atoms with Gasteiger partial charge in [0.25, 0.3) is 5.92 Å². The summed E-state index contributed by atoms with van der Waals surface area (Å²) in [6.07, 6.45) is 1.43. The molecule has 13 heavy (non-hydrogen) atoms. The van der Waals surface area contributed by atoms with E-state index in [0.29, 0.717) is 0 Å². The number of aryl methyl sites for hydroxylation is 1. The molecule has 0 bridgehead atoms. The van der Waals surface area contributed by atoms with E-state index in [-0.39, 0.29) is 12.8 Å². The van der Waals surface area contributed by atoms with Crippen LogP contribution in [0, 0.1) is 6.92 Å². The van der Waals surface area contributed by atoms with E-state index in [1.807, 2.05) is 0 Å². The first-order valence-electron chi connectivity index (χ1n) is 4.19. The molecule has 3 nitrogen and oxygen atoms in total. The molecule has 1 saturated carbocycles. The molecule has 0 aromatic carbocycles. The van der Waals surface area contributed by atoms with E-state index in [1.165, 1.54) is 0 Å². The number of halogens is 2. The zero-order valence-electron chi connectivity index (χ0n) is 7.59. The lowest BCUT2D eigenvalue weighted by Gasteiger charge is -2.44. The Balaban J connectivity index is 2.20. The zero-order valence-corrected chi connectivity index (χ0v) is 7.59. The molecule has 0 amide bonds. The van der Waals surface area contributed by atoms with Crippen molar-refractivity contribution in [3.63, 3.8) is 0 Å². The van der Waals surface area contributed by atoms with Crippen LogP contribution in [-0.4, -0.2) is 20.9 Å². The summed E-state index contributed by atoms with van der Waals surface area (Å²) >= 11 is 0. The Labute approximate surface area is 74.7 Å². The molecule has 0 aliphatic heterocycles. The third-order valence-corrected chi connectivity index (χ3v) is 2.44. The van der Waals surface area contributed by atoms with Crippen molar-refractivity contribution in [2.75, 3.05) is 0 Å². The summed E-state index contributed by atoms with van der Waals surface area (Å²) in [4.78, 5) is 0. The van der Waals surface area contributed by atoms with Gasteiger partial charge in [0.1, 0.15) is 0 Å². The SMILES string of the molecule is Cc1cn(C2(C)CC(F)(F)C2)nn1. The van der Waals surface area contributed by atoms with Gasteiger partial charge in [-0.25, -0.2) is 13.5 Å². The first-order chi connectivity index (χ1) is 5.91. The second-order valence-electron chi connectivity index (χ2n) is 4.01. The molecule has 0 atom stereocenters. The molecule has 0 unspecified atom stereocenters. The largest absolute Gasteiger partial charge is 0.252 e. The summed E-state index contributed by atoms with van der Waals surface area (Å²) in [7, 11) is 0. The Hall–Kier alpha value is -1.00. The fourth-order valence-electron chi connectivity index (χ4n) is 1.84. The second kappa shape index (κ2) is 2.27. The highest BCUT2D eigenvalue weighted by molar-refractivity contribution is 5.02. The van der Waals surface area contributed by atoms with E-state index in [2.05, 4.69) is 10.3 Å². The van der Waals surface area contributed by atoms with E-state index in [4.69, 9.17) is 0 Å². The molecular formula is C8H11F2N3. The van der Waals surface area contributed by atoms with Crippen molar-refractivity contribution < 1.29 is 8.78 Å². The fourth-order valence-corrected chi connectivity index (χ4v) is 1.84. The molecule has 1 fully saturated rings. The summed E-state index contributed by atoms with van der Waals surface area (Å²) < 4.78 is 26.9. The Morgan fingerprint density at radius 2 is 2.08 bits per heavy atom. The van der Waals surface area contributed by atoms with Crippen LogP contribution in [0.15, 0.2) is 6.20 Å². The summed E-state index contributed by atoms with van der Waals surface area (Å²) in [6, 6.07) is 0. The molecule has 0 N–H and O–H groups in total. The van der Waals surface area contributed by atoms with Crippen LogP contribution < -0.4 is 0 Å². The molecule has 5 heteroatoms. The summed E-state index contributed by atoms with van der Waals surface area (Å²) in [5.74, 6) is -2.52. The third-order valence-electron chi connectivity index (χ3n) is 2.44. The van der Waals surface area contributed by atoms with E-state index in [0.717, 1.165) is 5.69 Å². The summed E-state index contributed by atoms with van der Waals surface area (Å²) in [5, 5.41) is 7.59. The first kappa shape index (κ1) is 8.59. The van der Waals surface area contributed by atoms with Gasteiger partial charge in [0.2, 0.25) is 0 Å². The normalized spacial score (nSPS) is 24.0. The summed E-state index contributed by atoms with van der Waals surface area (Å²) in [5.41, 5.74) is 0.224. The molecule has 0 radical (unpaired) electrons. The van der Waals surface area contributed by atoms with Gasteiger partial charge in [-0.15, -0.1) is 5.10 Å². The summed E-state index contributed by atoms with van der Waals surface area (Å²) in [6.45, 7) is 3.57. The molecule has 2 rings (SSSR count). The van der Waals surface area contributed by atoms with E-state index >= 15 is 0 Å². The van der Waals surface area contributed by atoms with Crippen molar-refractivity contribution in [1.29, 1.82) is 0 Å². The van der Waals surface area contributed by atoms with Gasteiger partial charge in [-0.3, -0.25) is 0 Å². The minimum absolute atomic E-state index is 0.136. The zero-order chi connectivity index (χ0) is 9.69. The van der Waals surface area contributed by atoms with Gasteiger partial charge in [0, 0.05) is 19.0 Å². The highest BCUT2D eigenvalue weighted by Crippen LogP contribution is 2.49. The van der Waals surface area contributed by atoms with Gasteiger partial charge < -0.3 is 0 Å². The Kier molecular flexibility index (Phi) is 1.50. The maximum Gasteiger partial charge on any atom is 0.252 e. The van der Waals surface area contributed by atoms with Crippen LogP contribution in [0.5, 0.6) is 0 Å². The molecule has 1 aliphatic rings. The average Bonchev–Trinajstić information content (AvgIpc) is 2.31. The molecular weight excluding hydrogens is 176 g/mol. The number of rotatable bonds is 1. The Morgan fingerprint density at radius 1 is 1.46 bits per heavy atom. The van der Waals surface area contributed by atoms with Crippen molar-refractivity contribution in [1.82, 2.24) is 15.0 Å². The topological polar surface area (TPSA) is 30.7 Å². The van der Waals surface area contributed by atoms with Gasteiger partial charge in [-0.2, -0.15) is 0 Å². The Bertz CT molecular complexity index is 324. The van der Waals surface area contributed by atoms with Gasteiger partial charge >= 0.3 is 0 Å². The van der Waals surface area contributed by atoms with Crippen molar-refractivity contribution in [2.24, 2.45) is 0 Å². The molecule has 1 aromatic rings. The van der Waals surface area contributed by atoms with E-state index in [1.54, 1.807) is 24.7 Å². The molecule has 0 saturated heterocycles. The van der Waals surface area contributed by atoms with Crippen LogP contribution in [-0.2, 0) is 5.54 Å². The van der Waals surface area contributed by atoms with Crippen LogP contribution in [0.3, 0.4) is 0 Å². The standard InChI is InChI=1S/C8H11F2N3/c1-6-3-13(12-11-6)7(2)4-8(9,10)5-7/h3H,4-5H2,1-2H3. The average molecular weight is 187 g/mol. The smallest absolute Gasteiger partial charge is 0.246 e. The number of aromatic nitrogens is 3. The fraction of sp³-hybridized carbons (Fsp3) is 0.750. The van der Waals surface area contributed by atoms with Crippen molar-refractivity contribution in [3.05, 3.63) is 11.9 Å². The predicted octanol–water partition coefficient (Wildman–Crippen LogP) is 1.73. The number of alkyl halides is 2. The maximum atomic E-state index is 12.7. The van der Waals surface area contributed by atoms with Gasteiger partial charge in [-0.05, 0) is 13.8 Å². The van der Waals surface area contributed by atoms with E-state index in [9.17, 15) is 8.78 Å². The van der Waals surface area contributed by atoms with Gasteiger partial charge in [-0.1, -0.05) is 5.21 Å². The van der Waals surface area contributed by atoms with Crippen molar-refractivity contribution in [3.8, 4) is 0 Å². The highest BCUT2D eigenvalue weighted by atomic mass is 19.3. The lowest BCUT2D eigenvalue weighted by Crippen LogP contribution is -2.51. The molecule has 1 heterocycles. The lowest BCUT2D eigenvalue weighted by molar-refractivity contribution is -0.149. The Morgan fingerprint density at radius 3 is 2.46 bits per heavy atom. The van der Waals surface area contributed by atoms with Crippen LogP contribution in [0.4, 0.5) is 8.78 Å². The lowest BCUT2D eigenvalue weighted by atomic mass is 9.75. The number of hydrogen-bond acceptors (Lipinski definition) is 2. The van der Waals surface area contributed by atoms with Crippen molar-refractivity contribution in [2.45, 2.75) is 38.2 Å². The predicted molar refractivity (Wildman–Crippen MR) is 42.6 cm³/mol. The minimum Gasteiger partial charge on any atom is -0.246 e. The molecule has 1 aliphatic carbocycles. The molecule has 1 aromatic heterocycles. The monoisotopic (exact) mass is 187 g/mol. The number of nitrogens with zero attached hydrogens (tertiary/aromatic N) is 3. The van der Waals surface area contributed by atoms with Gasteiger partial charge in [0.15, 0.2) is 0 Å². The highest BCUT2D eigenvalue weighted by Gasteiger charge is 2.55. The van der Waals surface area contributed by atoms with Gasteiger partial charge in [0.05, 0.1) is 11.2 Å². The number of hydrogen-bond donors (Lipinski definition) is 0. The van der Waals surface area contributed by atoms with Crippen LogP contribution in [0.2, 0.25) is 0 Å². The molecule has 0 spiro atoms. The second-order valence-corrected chi connectivity index (χ2v) is 4.01. The molecule has 72 valence electrons. The van der Waals surface area contributed by atoms with Crippen LogP contribution >= 0.6 is 0 Å².